The Kier molecular flexibility index (Phi) is 4.29. The molecule has 1 aliphatic carbocycles. The Morgan fingerprint density at radius 1 is 1.22 bits per heavy atom. The number of Topliss-reactive ketones (excluding diaryl/α,β-unsaturated/α-hetero) is 1. The van der Waals surface area contributed by atoms with Crippen molar-refractivity contribution in [2.75, 3.05) is 6.54 Å². The van der Waals surface area contributed by atoms with Crippen molar-refractivity contribution >= 4 is 11.5 Å². The summed E-state index contributed by atoms with van der Waals surface area (Å²) >= 11 is 0. The first kappa shape index (κ1) is 12.6. The highest BCUT2D eigenvalue weighted by atomic mass is 16.2. The second kappa shape index (κ2) is 6.15. The van der Waals surface area contributed by atoms with Crippen LogP contribution in [0.25, 0.3) is 0 Å². The van der Waals surface area contributed by atoms with Gasteiger partial charge in [-0.05, 0) is 24.8 Å². The van der Waals surface area contributed by atoms with Crippen molar-refractivity contribution in [2.45, 2.75) is 25.7 Å². The summed E-state index contributed by atoms with van der Waals surface area (Å²) in [6.45, 7) is 0.657. The topological polar surface area (TPSA) is 49.7 Å². The summed E-state index contributed by atoms with van der Waals surface area (Å²) < 4.78 is 0. The van der Waals surface area contributed by atoms with Crippen molar-refractivity contribution in [1.82, 2.24) is 0 Å². The SMILES string of the molecule is O=C1CCCC(=NCCc2ccccc2)/C1=C/O. The van der Waals surface area contributed by atoms with E-state index in [0.29, 0.717) is 18.5 Å². The van der Waals surface area contributed by atoms with E-state index in [-0.39, 0.29) is 5.78 Å². The summed E-state index contributed by atoms with van der Waals surface area (Å²) in [5.74, 6) is 0.00205. The minimum Gasteiger partial charge on any atom is -0.515 e. The summed E-state index contributed by atoms with van der Waals surface area (Å²) in [4.78, 5) is 16.0. The van der Waals surface area contributed by atoms with Crippen LogP contribution in [0.3, 0.4) is 0 Å². The molecule has 0 radical (unpaired) electrons. The van der Waals surface area contributed by atoms with E-state index in [4.69, 9.17) is 5.11 Å². The predicted molar refractivity (Wildman–Crippen MR) is 72.0 cm³/mol. The first-order valence-electron chi connectivity index (χ1n) is 6.26. The van der Waals surface area contributed by atoms with E-state index in [9.17, 15) is 4.79 Å². The molecule has 0 bridgehead atoms. The lowest BCUT2D eigenvalue weighted by Crippen LogP contribution is -2.19. The number of hydrogen-bond acceptors (Lipinski definition) is 3. The summed E-state index contributed by atoms with van der Waals surface area (Å²) in [6.07, 6.45) is 3.90. The Balaban J connectivity index is 1.98. The molecular weight excluding hydrogens is 226 g/mol. The van der Waals surface area contributed by atoms with Crippen LogP contribution in [0.15, 0.2) is 47.2 Å². The smallest absolute Gasteiger partial charge is 0.167 e. The van der Waals surface area contributed by atoms with Crippen LogP contribution in [0.2, 0.25) is 0 Å². The molecule has 0 spiro atoms. The van der Waals surface area contributed by atoms with Crippen LogP contribution in [0.5, 0.6) is 0 Å². The van der Waals surface area contributed by atoms with Crippen molar-refractivity contribution in [2.24, 2.45) is 4.99 Å². The number of aliphatic hydroxyl groups is 1. The summed E-state index contributed by atoms with van der Waals surface area (Å²) in [6, 6.07) is 10.1. The number of carbonyl (C=O) groups is 1. The van der Waals surface area contributed by atoms with Crippen LogP contribution in [0.1, 0.15) is 24.8 Å². The molecule has 0 amide bonds. The Labute approximate surface area is 107 Å². The van der Waals surface area contributed by atoms with Crippen molar-refractivity contribution in [3.05, 3.63) is 47.7 Å². The van der Waals surface area contributed by atoms with Crippen LogP contribution in [-0.4, -0.2) is 23.1 Å². The van der Waals surface area contributed by atoms with Crippen LogP contribution in [-0.2, 0) is 11.2 Å². The second-order valence-electron chi connectivity index (χ2n) is 4.38. The molecule has 3 heteroatoms. The third-order valence-corrected chi connectivity index (χ3v) is 3.10. The van der Waals surface area contributed by atoms with Gasteiger partial charge in [0.2, 0.25) is 0 Å². The second-order valence-corrected chi connectivity index (χ2v) is 4.38. The molecule has 0 aliphatic heterocycles. The normalized spacial score (nSPS) is 20.6. The first-order valence-corrected chi connectivity index (χ1v) is 6.26. The average Bonchev–Trinajstić information content (AvgIpc) is 2.40. The Bertz CT molecular complexity index is 475. The molecule has 94 valence electrons. The van der Waals surface area contributed by atoms with Gasteiger partial charge in [0.1, 0.15) is 0 Å². The molecule has 1 aliphatic rings. The molecular formula is C15H17NO2. The number of nitrogens with zero attached hydrogens (tertiary/aromatic N) is 1. The minimum atomic E-state index is 0.00205. The molecule has 0 atom stereocenters. The zero-order chi connectivity index (χ0) is 12.8. The van der Waals surface area contributed by atoms with Gasteiger partial charge in [-0.25, -0.2) is 0 Å². The fourth-order valence-electron chi connectivity index (χ4n) is 2.12. The lowest BCUT2D eigenvalue weighted by Gasteiger charge is -2.14. The third kappa shape index (κ3) is 3.06. The van der Waals surface area contributed by atoms with Crippen LogP contribution < -0.4 is 0 Å². The fraction of sp³-hybridized carbons (Fsp3) is 0.333. The maximum atomic E-state index is 11.6. The number of benzene rings is 1. The van der Waals surface area contributed by atoms with Gasteiger partial charge < -0.3 is 5.11 Å². The number of allylic oxidation sites excluding steroid dienone is 1. The molecule has 0 saturated heterocycles. The standard InChI is InChI=1S/C15H17NO2/c17-11-13-14(7-4-8-15(13)18)16-10-9-12-5-2-1-3-6-12/h1-3,5-6,11,17H,4,7-10H2/b13-11-,16-14?. The van der Waals surface area contributed by atoms with Crippen LogP contribution in [0, 0.1) is 0 Å². The van der Waals surface area contributed by atoms with E-state index < -0.39 is 0 Å². The highest BCUT2D eigenvalue weighted by molar-refractivity contribution is 6.23. The zero-order valence-electron chi connectivity index (χ0n) is 10.3. The van der Waals surface area contributed by atoms with Gasteiger partial charge in [0.15, 0.2) is 5.78 Å². The summed E-state index contributed by atoms with van der Waals surface area (Å²) in [7, 11) is 0. The van der Waals surface area contributed by atoms with Crippen molar-refractivity contribution in [1.29, 1.82) is 0 Å². The summed E-state index contributed by atoms with van der Waals surface area (Å²) in [5.41, 5.74) is 2.39. The van der Waals surface area contributed by atoms with Crippen molar-refractivity contribution < 1.29 is 9.90 Å². The van der Waals surface area contributed by atoms with Gasteiger partial charge in [-0.15, -0.1) is 0 Å². The van der Waals surface area contributed by atoms with E-state index >= 15 is 0 Å². The third-order valence-electron chi connectivity index (χ3n) is 3.10. The molecule has 1 aromatic rings. The van der Waals surface area contributed by atoms with E-state index in [1.165, 1.54) is 5.56 Å². The summed E-state index contributed by atoms with van der Waals surface area (Å²) in [5, 5.41) is 9.08. The van der Waals surface area contributed by atoms with Crippen molar-refractivity contribution in [3.8, 4) is 0 Å². The fourth-order valence-corrected chi connectivity index (χ4v) is 2.12. The van der Waals surface area contributed by atoms with Gasteiger partial charge in [-0.1, -0.05) is 30.3 Å². The van der Waals surface area contributed by atoms with Gasteiger partial charge in [-0.2, -0.15) is 0 Å². The van der Waals surface area contributed by atoms with Gasteiger partial charge in [-0.3, -0.25) is 9.79 Å². The number of rotatable bonds is 3. The van der Waals surface area contributed by atoms with Crippen LogP contribution in [0.4, 0.5) is 0 Å². The highest BCUT2D eigenvalue weighted by Crippen LogP contribution is 2.17. The Morgan fingerprint density at radius 2 is 2.00 bits per heavy atom. The highest BCUT2D eigenvalue weighted by Gasteiger charge is 2.21. The lowest BCUT2D eigenvalue weighted by atomic mass is 9.92. The minimum absolute atomic E-state index is 0.00205. The molecule has 1 fully saturated rings. The average molecular weight is 243 g/mol. The van der Waals surface area contributed by atoms with Gasteiger partial charge in [0.25, 0.3) is 0 Å². The Hall–Kier alpha value is -1.90. The van der Waals surface area contributed by atoms with Crippen molar-refractivity contribution in [3.63, 3.8) is 0 Å². The number of ketones is 1. The number of aliphatic imine (C=N–C) groups is 1. The van der Waals surface area contributed by atoms with Gasteiger partial charge >= 0.3 is 0 Å². The quantitative estimate of drug-likeness (QED) is 0.655. The van der Waals surface area contributed by atoms with Gasteiger partial charge in [0.05, 0.1) is 11.8 Å². The van der Waals surface area contributed by atoms with E-state index in [0.717, 1.165) is 31.2 Å². The molecule has 18 heavy (non-hydrogen) atoms. The molecule has 1 N–H and O–H groups in total. The lowest BCUT2D eigenvalue weighted by molar-refractivity contribution is -0.115. The molecule has 0 aromatic heterocycles. The first-order chi connectivity index (χ1) is 8.81. The maximum absolute atomic E-state index is 11.6. The monoisotopic (exact) mass is 243 g/mol. The zero-order valence-corrected chi connectivity index (χ0v) is 10.3. The molecule has 0 unspecified atom stereocenters. The van der Waals surface area contributed by atoms with E-state index in [2.05, 4.69) is 17.1 Å². The molecule has 2 rings (SSSR count). The molecule has 3 nitrogen and oxygen atoms in total. The number of hydrogen-bond donors (Lipinski definition) is 1. The maximum Gasteiger partial charge on any atom is 0.167 e. The largest absolute Gasteiger partial charge is 0.515 e. The molecule has 0 heterocycles. The number of carbonyl (C=O) groups excluding carboxylic acids is 1. The van der Waals surface area contributed by atoms with Gasteiger partial charge in [0, 0.05) is 18.7 Å². The molecule has 1 saturated carbocycles. The van der Waals surface area contributed by atoms with E-state index in [1.54, 1.807) is 0 Å². The Morgan fingerprint density at radius 3 is 2.72 bits per heavy atom. The number of aliphatic hydroxyl groups excluding tert-OH is 1. The van der Waals surface area contributed by atoms with E-state index in [1.807, 2.05) is 18.2 Å². The van der Waals surface area contributed by atoms with Crippen LogP contribution >= 0.6 is 0 Å². The predicted octanol–water partition coefficient (Wildman–Crippen LogP) is 2.87. The molecule has 1 aromatic carbocycles.